The second-order valence-corrected chi connectivity index (χ2v) is 5.67. The molecule has 3 heteroatoms. The van der Waals surface area contributed by atoms with E-state index in [9.17, 15) is 0 Å². The van der Waals surface area contributed by atoms with Crippen molar-refractivity contribution in [3.8, 4) is 0 Å². The van der Waals surface area contributed by atoms with Gasteiger partial charge in [-0.3, -0.25) is 0 Å². The highest BCUT2D eigenvalue weighted by atomic mass is 15.3. The highest BCUT2D eigenvalue weighted by Gasteiger charge is 2.22. The molecule has 0 spiro atoms. The number of nitrogens with two attached hydrogens (primary N) is 2. The summed E-state index contributed by atoms with van der Waals surface area (Å²) in [5, 5.41) is 0. The van der Waals surface area contributed by atoms with E-state index in [1.54, 1.807) is 0 Å². The molecule has 1 aromatic carbocycles. The quantitative estimate of drug-likeness (QED) is 0.602. The normalized spacial score (nSPS) is 14.7. The van der Waals surface area contributed by atoms with Crippen molar-refractivity contribution in [2.45, 2.75) is 39.7 Å². The summed E-state index contributed by atoms with van der Waals surface area (Å²) >= 11 is 0. The first-order valence-corrected chi connectivity index (χ1v) is 6.87. The summed E-state index contributed by atoms with van der Waals surface area (Å²) in [5.41, 5.74) is 14.6. The third kappa shape index (κ3) is 3.64. The molecule has 0 heterocycles. The molecule has 0 saturated carbocycles. The van der Waals surface area contributed by atoms with Crippen LogP contribution in [0.25, 0.3) is 0 Å². The Bertz CT molecular complexity index is 387. The van der Waals surface area contributed by atoms with E-state index in [0.717, 1.165) is 28.7 Å². The van der Waals surface area contributed by atoms with Crippen molar-refractivity contribution < 1.29 is 4.48 Å². The number of aryl methyl sites for hydroxylation is 1. The molecule has 1 rings (SSSR count). The van der Waals surface area contributed by atoms with Crippen molar-refractivity contribution in [2.24, 2.45) is 0 Å². The number of hydrogen-bond acceptors (Lipinski definition) is 2. The van der Waals surface area contributed by atoms with Gasteiger partial charge < -0.3 is 16.0 Å². The molecule has 4 N–H and O–H groups in total. The molecule has 0 radical (unpaired) electrons. The number of rotatable bonds is 6. The second-order valence-electron chi connectivity index (χ2n) is 5.67. The van der Waals surface area contributed by atoms with Gasteiger partial charge in [0.05, 0.1) is 26.2 Å². The SMILES string of the molecule is CC[N+](C)(CCCc1cc(N)ccc1N)C(C)C. The molecule has 0 saturated heterocycles. The molecule has 1 unspecified atom stereocenters. The predicted molar refractivity (Wildman–Crippen MR) is 80.3 cm³/mol. The fourth-order valence-electron chi connectivity index (χ4n) is 2.25. The molecule has 0 aromatic heterocycles. The van der Waals surface area contributed by atoms with Crippen LogP contribution in [0.2, 0.25) is 0 Å². The third-order valence-corrected chi connectivity index (χ3v) is 4.25. The predicted octanol–water partition coefficient (Wildman–Crippen LogP) is 2.66. The van der Waals surface area contributed by atoms with Gasteiger partial charge in [0.15, 0.2) is 0 Å². The second kappa shape index (κ2) is 6.10. The van der Waals surface area contributed by atoms with Crippen LogP contribution in [-0.2, 0) is 6.42 Å². The van der Waals surface area contributed by atoms with E-state index in [4.69, 9.17) is 11.5 Å². The lowest BCUT2D eigenvalue weighted by molar-refractivity contribution is -0.928. The largest absolute Gasteiger partial charge is 0.399 e. The van der Waals surface area contributed by atoms with Crippen molar-refractivity contribution in [3.05, 3.63) is 23.8 Å². The highest BCUT2D eigenvalue weighted by Crippen LogP contribution is 2.19. The molecule has 0 fully saturated rings. The van der Waals surface area contributed by atoms with E-state index >= 15 is 0 Å². The van der Waals surface area contributed by atoms with E-state index in [-0.39, 0.29) is 0 Å². The lowest BCUT2D eigenvalue weighted by Gasteiger charge is -2.37. The summed E-state index contributed by atoms with van der Waals surface area (Å²) in [6, 6.07) is 6.43. The van der Waals surface area contributed by atoms with Crippen LogP contribution < -0.4 is 11.5 Å². The topological polar surface area (TPSA) is 52.0 Å². The maximum Gasteiger partial charge on any atom is 0.0831 e. The van der Waals surface area contributed by atoms with Crippen LogP contribution in [0.1, 0.15) is 32.8 Å². The van der Waals surface area contributed by atoms with Gasteiger partial charge in [-0.05, 0) is 51.0 Å². The molecular formula is C15H28N3+. The van der Waals surface area contributed by atoms with Gasteiger partial charge >= 0.3 is 0 Å². The Morgan fingerprint density at radius 1 is 1.22 bits per heavy atom. The van der Waals surface area contributed by atoms with Gasteiger partial charge in [0.1, 0.15) is 0 Å². The Morgan fingerprint density at radius 3 is 2.44 bits per heavy atom. The van der Waals surface area contributed by atoms with Crippen LogP contribution in [0.3, 0.4) is 0 Å². The van der Waals surface area contributed by atoms with E-state index < -0.39 is 0 Å². The van der Waals surface area contributed by atoms with Crippen LogP contribution >= 0.6 is 0 Å². The molecule has 0 bridgehead atoms. The van der Waals surface area contributed by atoms with Crippen molar-refractivity contribution in [2.75, 3.05) is 31.6 Å². The first-order valence-electron chi connectivity index (χ1n) is 6.87. The third-order valence-electron chi connectivity index (χ3n) is 4.25. The fraction of sp³-hybridized carbons (Fsp3) is 0.600. The van der Waals surface area contributed by atoms with Crippen molar-refractivity contribution in [1.82, 2.24) is 0 Å². The Labute approximate surface area is 111 Å². The number of benzene rings is 1. The van der Waals surface area contributed by atoms with Crippen molar-refractivity contribution in [1.29, 1.82) is 0 Å². The molecule has 0 aliphatic carbocycles. The Kier molecular flexibility index (Phi) is 5.03. The number of anilines is 2. The van der Waals surface area contributed by atoms with Gasteiger partial charge in [0.2, 0.25) is 0 Å². The zero-order valence-electron chi connectivity index (χ0n) is 12.2. The molecule has 0 aliphatic heterocycles. The molecule has 0 aliphatic rings. The number of nitrogen functional groups attached to an aromatic ring is 2. The van der Waals surface area contributed by atoms with Gasteiger partial charge in [-0.2, -0.15) is 0 Å². The van der Waals surface area contributed by atoms with Gasteiger partial charge in [-0.25, -0.2) is 0 Å². The number of nitrogens with zero attached hydrogens (tertiary/aromatic N) is 1. The zero-order chi connectivity index (χ0) is 13.8. The van der Waals surface area contributed by atoms with Gasteiger partial charge in [-0.1, -0.05) is 0 Å². The zero-order valence-corrected chi connectivity index (χ0v) is 12.2. The molecule has 1 aromatic rings. The summed E-state index contributed by atoms with van der Waals surface area (Å²) in [6.45, 7) is 9.19. The Morgan fingerprint density at radius 2 is 1.89 bits per heavy atom. The highest BCUT2D eigenvalue weighted by molar-refractivity contribution is 5.55. The maximum absolute atomic E-state index is 5.97. The molecule has 102 valence electrons. The Balaban J connectivity index is 2.58. The van der Waals surface area contributed by atoms with Crippen LogP contribution in [0, 0.1) is 0 Å². The lowest BCUT2D eigenvalue weighted by Crippen LogP contribution is -2.50. The van der Waals surface area contributed by atoms with E-state index in [0.29, 0.717) is 6.04 Å². The fourth-order valence-corrected chi connectivity index (χ4v) is 2.25. The molecule has 18 heavy (non-hydrogen) atoms. The minimum absolute atomic E-state index is 0.660. The Hall–Kier alpha value is -1.22. The van der Waals surface area contributed by atoms with E-state index in [1.165, 1.54) is 18.7 Å². The average Bonchev–Trinajstić information content (AvgIpc) is 2.33. The molecule has 0 amide bonds. The summed E-state index contributed by atoms with van der Waals surface area (Å²) in [5.74, 6) is 0. The van der Waals surface area contributed by atoms with Crippen molar-refractivity contribution in [3.63, 3.8) is 0 Å². The summed E-state index contributed by atoms with van der Waals surface area (Å²) in [6.07, 6.45) is 2.16. The standard InChI is InChI=1S/C15H28N3/c1-5-18(4,12(2)3)10-6-7-13-11-14(16)8-9-15(13)17/h8-9,11-12H,5-7,10,16-17H2,1-4H3/q+1. The van der Waals surface area contributed by atoms with Crippen LogP contribution in [0.4, 0.5) is 11.4 Å². The van der Waals surface area contributed by atoms with Crippen LogP contribution in [0.5, 0.6) is 0 Å². The lowest BCUT2D eigenvalue weighted by atomic mass is 10.1. The van der Waals surface area contributed by atoms with Crippen molar-refractivity contribution >= 4 is 11.4 Å². The smallest absolute Gasteiger partial charge is 0.0831 e. The van der Waals surface area contributed by atoms with Gasteiger partial charge in [-0.15, -0.1) is 0 Å². The monoisotopic (exact) mass is 250 g/mol. The summed E-state index contributed by atoms with van der Waals surface area (Å²) in [4.78, 5) is 0. The summed E-state index contributed by atoms with van der Waals surface area (Å²) < 4.78 is 1.11. The molecule has 3 nitrogen and oxygen atoms in total. The average molecular weight is 250 g/mol. The van der Waals surface area contributed by atoms with Gasteiger partial charge in [0, 0.05) is 17.8 Å². The molecular weight excluding hydrogens is 222 g/mol. The number of quaternary nitrogens is 1. The number of hydrogen-bond donors (Lipinski definition) is 2. The van der Waals surface area contributed by atoms with Gasteiger partial charge in [0.25, 0.3) is 0 Å². The minimum Gasteiger partial charge on any atom is -0.399 e. The first-order chi connectivity index (χ1) is 8.39. The van der Waals surface area contributed by atoms with E-state index in [2.05, 4.69) is 27.8 Å². The van der Waals surface area contributed by atoms with Crippen LogP contribution in [-0.4, -0.2) is 30.7 Å². The maximum atomic E-state index is 5.97. The van der Waals surface area contributed by atoms with E-state index in [1.807, 2.05) is 18.2 Å². The first kappa shape index (κ1) is 14.8. The minimum atomic E-state index is 0.660. The van der Waals surface area contributed by atoms with Crippen LogP contribution in [0.15, 0.2) is 18.2 Å². The summed E-state index contributed by atoms with van der Waals surface area (Å²) in [7, 11) is 2.33. The molecule has 1 atom stereocenters.